The van der Waals surface area contributed by atoms with Crippen LogP contribution < -0.4 is 10.6 Å². The molecule has 4 saturated carbocycles. The first-order chi connectivity index (χ1) is 20.7. The third-order valence-corrected chi connectivity index (χ3v) is 14.0. The van der Waals surface area contributed by atoms with Crippen LogP contribution in [0.3, 0.4) is 0 Å². The Kier molecular flexibility index (Phi) is 7.39. The van der Waals surface area contributed by atoms with E-state index in [0.717, 1.165) is 76.2 Å². The largest absolute Gasteiger partial charge is 0.349 e. The number of likely N-dealkylation sites (N-methyl/N-ethyl adjacent to an activating group) is 1. The van der Waals surface area contributed by atoms with Crippen molar-refractivity contribution in [3.05, 3.63) is 63.4 Å². The molecule has 1 saturated heterocycles. The van der Waals surface area contributed by atoms with Gasteiger partial charge in [0.25, 0.3) is 0 Å². The number of thioether (sulfide) groups is 1. The number of halogens is 3. The zero-order valence-corrected chi connectivity index (χ0v) is 27.2. The van der Waals surface area contributed by atoms with Crippen LogP contribution in [0.1, 0.15) is 94.6 Å². The van der Waals surface area contributed by atoms with Crippen molar-refractivity contribution in [2.24, 2.45) is 0 Å². The van der Waals surface area contributed by atoms with Crippen LogP contribution >= 0.6 is 35.0 Å². The van der Waals surface area contributed by atoms with Gasteiger partial charge in [-0.25, -0.2) is 4.39 Å². The highest BCUT2D eigenvalue weighted by Gasteiger charge is 2.75. The second kappa shape index (κ2) is 10.6. The van der Waals surface area contributed by atoms with E-state index in [0.29, 0.717) is 27.6 Å². The van der Waals surface area contributed by atoms with Gasteiger partial charge in [0.15, 0.2) is 0 Å². The van der Waals surface area contributed by atoms with Crippen LogP contribution in [0.5, 0.6) is 0 Å². The Morgan fingerprint density at radius 3 is 2.40 bits per heavy atom. The van der Waals surface area contributed by atoms with Crippen molar-refractivity contribution in [1.82, 2.24) is 10.2 Å². The van der Waals surface area contributed by atoms with Crippen molar-refractivity contribution < 1.29 is 14.0 Å². The molecule has 2 aromatic carbocycles. The third kappa shape index (κ3) is 4.13. The summed E-state index contributed by atoms with van der Waals surface area (Å²) in [5, 5.41) is 7.26. The maximum absolute atomic E-state index is 16.3. The van der Waals surface area contributed by atoms with Crippen molar-refractivity contribution in [3.63, 3.8) is 0 Å². The van der Waals surface area contributed by atoms with Crippen molar-refractivity contribution in [2.45, 2.75) is 111 Å². The zero-order chi connectivity index (χ0) is 30.2. The molecule has 6 aliphatic rings. The number of carbonyl (C=O) groups excluding carboxylic acids is 2. The second-order valence-electron chi connectivity index (χ2n) is 13.6. The molecule has 2 heterocycles. The Labute approximate surface area is 268 Å². The molecular weight excluding hydrogens is 604 g/mol. The molecule has 8 rings (SSSR count). The lowest BCUT2D eigenvalue weighted by molar-refractivity contribution is -0.131. The first kappa shape index (κ1) is 29.9. The molecule has 0 radical (unpaired) electrons. The number of fused-ring (bicyclic) bond motifs is 6. The van der Waals surface area contributed by atoms with Gasteiger partial charge in [-0.3, -0.25) is 14.5 Å². The maximum atomic E-state index is 16.3. The van der Waals surface area contributed by atoms with E-state index in [1.54, 1.807) is 18.2 Å². The van der Waals surface area contributed by atoms with E-state index in [2.05, 4.69) is 28.7 Å². The van der Waals surface area contributed by atoms with E-state index in [1.165, 1.54) is 6.07 Å². The van der Waals surface area contributed by atoms with Crippen LogP contribution in [-0.4, -0.2) is 51.4 Å². The monoisotopic (exact) mass is 643 g/mol. The quantitative estimate of drug-likeness (QED) is 0.348. The number of likely N-dealkylation sites (tertiary alicyclic amines) is 1. The highest BCUT2D eigenvalue weighted by atomic mass is 35.5. The molecule has 0 unspecified atom stereocenters. The van der Waals surface area contributed by atoms with Gasteiger partial charge >= 0.3 is 0 Å². The van der Waals surface area contributed by atoms with Gasteiger partial charge in [-0.1, -0.05) is 67.6 Å². The van der Waals surface area contributed by atoms with Crippen LogP contribution in [0.15, 0.2) is 36.4 Å². The summed E-state index contributed by atoms with van der Waals surface area (Å²) in [4.78, 5) is 32.0. The summed E-state index contributed by atoms with van der Waals surface area (Å²) in [5.41, 5.74) is -0.335. The number of carbonyl (C=O) groups is 2. The number of rotatable bonds is 5. The normalized spacial score (nSPS) is 34.5. The second-order valence-corrected chi connectivity index (χ2v) is 15.7. The molecule has 2 aliphatic heterocycles. The summed E-state index contributed by atoms with van der Waals surface area (Å²) in [5.74, 6) is -1.60. The molecule has 5 fully saturated rings. The molecule has 2 aromatic rings. The van der Waals surface area contributed by atoms with Gasteiger partial charge in [-0.2, -0.15) is 11.8 Å². The topological polar surface area (TPSA) is 61.4 Å². The number of hydrogen-bond acceptors (Lipinski definition) is 4. The predicted octanol–water partition coefficient (Wildman–Crippen LogP) is 7.84. The molecule has 4 aliphatic carbocycles. The molecule has 2 spiro atoms. The fraction of sp³-hybridized carbons (Fsp3) is 0.588. The lowest BCUT2D eigenvalue weighted by Gasteiger charge is -2.53. The Balaban J connectivity index is 1.43. The number of hydrogen-bond donors (Lipinski definition) is 2. The van der Waals surface area contributed by atoms with E-state index >= 15 is 4.39 Å². The average Bonchev–Trinajstić information content (AvgIpc) is 3.44. The number of benzene rings is 2. The third-order valence-electron chi connectivity index (χ3n) is 12.0. The van der Waals surface area contributed by atoms with E-state index in [4.69, 9.17) is 23.2 Å². The zero-order valence-electron chi connectivity index (χ0n) is 24.9. The Hall–Kier alpha value is -1.80. The average molecular weight is 645 g/mol. The summed E-state index contributed by atoms with van der Waals surface area (Å²) in [6.07, 6.45) is 12.8. The van der Waals surface area contributed by atoms with Gasteiger partial charge < -0.3 is 10.6 Å². The van der Waals surface area contributed by atoms with E-state index in [9.17, 15) is 9.59 Å². The van der Waals surface area contributed by atoms with Crippen molar-refractivity contribution in [3.8, 4) is 0 Å². The molecule has 3 atom stereocenters. The fourth-order valence-electron chi connectivity index (χ4n) is 10.0. The first-order valence-electron chi connectivity index (χ1n) is 15.9. The molecule has 2 N–H and O–H groups in total. The summed E-state index contributed by atoms with van der Waals surface area (Å²) in [6.45, 7) is 2.64. The molecule has 9 heteroatoms. The first-order valence-corrected chi connectivity index (χ1v) is 17.8. The van der Waals surface area contributed by atoms with Crippen molar-refractivity contribution >= 4 is 52.5 Å². The smallest absolute Gasteiger partial charge is 0.238 e. The van der Waals surface area contributed by atoms with Crippen molar-refractivity contribution in [2.75, 3.05) is 18.1 Å². The molecule has 230 valence electrons. The van der Waals surface area contributed by atoms with Gasteiger partial charge in [0.05, 0.1) is 11.1 Å². The van der Waals surface area contributed by atoms with Crippen molar-refractivity contribution in [1.29, 1.82) is 0 Å². The molecular formula is C34H40Cl2FN3O2S. The number of anilines is 1. The van der Waals surface area contributed by atoms with Gasteiger partial charge in [-0.05, 0) is 93.5 Å². The van der Waals surface area contributed by atoms with Crippen LogP contribution in [-0.2, 0) is 15.0 Å². The molecule has 5 nitrogen and oxygen atoms in total. The summed E-state index contributed by atoms with van der Waals surface area (Å²) in [6, 6.07) is 9.80. The lowest BCUT2D eigenvalue weighted by atomic mass is 9.55. The molecule has 0 aromatic heterocycles. The molecule has 2 amide bonds. The predicted molar refractivity (Wildman–Crippen MR) is 173 cm³/mol. The van der Waals surface area contributed by atoms with Crippen LogP contribution in [0.2, 0.25) is 10.0 Å². The fourth-order valence-corrected chi connectivity index (χ4v) is 11.3. The minimum atomic E-state index is -1.19. The highest BCUT2D eigenvalue weighted by Crippen LogP contribution is 2.66. The lowest BCUT2D eigenvalue weighted by Crippen LogP contribution is -2.63. The minimum Gasteiger partial charge on any atom is -0.349 e. The maximum Gasteiger partial charge on any atom is 0.238 e. The molecule has 2 bridgehead atoms. The van der Waals surface area contributed by atoms with Gasteiger partial charge in [0, 0.05) is 32.5 Å². The van der Waals surface area contributed by atoms with E-state index in [1.807, 2.05) is 23.9 Å². The highest BCUT2D eigenvalue weighted by molar-refractivity contribution is 8.00. The summed E-state index contributed by atoms with van der Waals surface area (Å²) >= 11 is 14.9. The number of nitrogens with zero attached hydrogens (tertiary/aromatic N) is 1. The van der Waals surface area contributed by atoms with Gasteiger partial charge in [-0.15, -0.1) is 0 Å². The number of nitrogens with one attached hydrogen (secondary N) is 2. The number of amides is 2. The van der Waals surface area contributed by atoms with Crippen LogP contribution in [0.25, 0.3) is 0 Å². The van der Waals surface area contributed by atoms with E-state index in [-0.39, 0.29) is 22.4 Å². The SMILES string of the molecule is CCN1[C@@H](C(=O)NC23CCC(SC)(CC2)CC3)[C@H](c2cccc(Cl)c2F)[C@]2(C(=O)Nc3cc(Cl)ccc32)C12CCCCC2. The minimum absolute atomic E-state index is 0.000690. The Morgan fingerprint density at radius 2 is 1.74 bits per heavy atom. The van der Waals surface area contributed by atoms with Gasteiger partial charge in [0.1, 0.15) is 11.2 Å². The van der Waals surface area contributed by atoms with Crippen LogP contribution in [0, 0.1) is 5.82 Å². The Morgan fingerprint density at radius 1 is 1.05 bits per heavy atom. The van der Waals surface area contributed by atoms with Gasteiger partial charge in [0.2, 0.25) is 11.8 Å². The summed E-state index contributed by atoms with van der Waals surface area (Å²) in [7, 11) is 0. The Bertz CT molecular complexity index is 1460. The molecule has 43 heavy (non-hydrogen) atoms. The van der Waals surface area contributed by atoms with E-state index < -0.39 is 28.7 Å². The van der Waals surface area contributed by atoms with Crippen LogP contribution in [0.4, 0.5) is 10.1 Å². The summed E-state index contributed by atoms with van der Waals surface area (Å²) < 4.78 is 16.7. The standard InChI is InChI=1S/C34H40Cl2FN3O2S/c1-3-40-28(29(41)39-31-14-17-32(43-2,18-15-31)19-16-31)26(22-8-7-9-24(36)27(22)37)34(33(40)12-5-4-6-13-33)23-11-10-21(35)20-25(23)38-30(34)42/h7-11,20,26,28H,3-6,12-19H2,1-2H3,(H,38,42)(H,39,41)/t26-,28+,31?,32?,34+/m0/s1.